The van der Waals surface area contributed by atoms with Gasteiger partial charge in [0.2, 0.25) is 0 Å². The molecule has 0 saturated carbocycles. The molecule has 126 valence electrons. The number of rotatable bonds is 7. The van der Waals surface area contributed by atoms with E-state index < -0.39 is 8.32 Å². The Bertz CT molecular complexity index is 459. The van der Waals surface area contributed by atoms with Crippen LogP contribution in [0.3, 0.4) is 0 Å². The lowest BCUT2D eigenvalue weighted by Gasteiger charge is -2.43. The summed E-state index contributed by atoms with van der Waals surface area (Å²) in [4.78, 5) is 0. The minimum absolute atomic E-state index is 0.441. The van der Waals surface area contributed by atoms with Crippen molar-refractivity contribution in [2.75, 3.05) is 0 Å². The average molecular weight is 341 g/mol. The molecule has 0 unspecified atom stereocenters. The molecule has 0 atom stereocenters. The monoisotopic (exact) mass is 340 g/mol. The molecule has 1 aromatic carbocycles. The lowest BCUT2D eigenvalue weighted by molar-refractivity contribution is 0.472. The summed E-state index contributed by atoms with van der Waals surface area (Å²) in [6.07, 6.45) is 0. The second-order valence-corrected chi connectivity index (χ2v) is 13.2. The maximum atomic E-state index is 6.87. The fraction of sp³-hybridized carbons (Fsp3) is 0.684. The Labute approximate surface area is 143 Å². The fourth-order valence-electron chi connectivity index (χ4n) is 3.77. The summed E-state index contributed by atoms with van der Waals surface area (Å²) >= 11 is 6.01. The molecule has 0 aromatic heterocycles. The van der Waals surface area contributed by atoms with Crippen LogP contribution in [0.5, 0.6) is 5.75 Å². The van der Waals surface area contributed by atoms with E-state index in [1.807, 2.05) is 0 Å². The molecule has 0 spiro atoms. The lowest BCUT2D eigenvalue weighted by Crippen LogP contribution is -2.50. The third-order valence-electron chi connectivity index (χ3n) is 4.84. The van der Waals surface area contributed by atoms with E-state index in [9.17, 15) is 0 Å². The van der Waals surface area contributed by atoms with Gasteiger partial charge in [0.25, 0.3) is 8.32 Å². The first-order valence-electron chi connectivity index (χ1n) is 8.54. The summed E-state index contributed by atoms with van der Waals surface area (Å²) in [5.74, 6) is 2.07. The van der Waals surface area contributed by atoms with E-state index in [0.29, 0.717) is 28.4 Å². The number of halogens is 1. The van der Waals surface area contributed by atoms with Gasteiger partial charge in [-0.3, -0.25) is 0 Å². The van der Waals surface area contributed by atoms with Crippen molar-refractivity contribution in [3.63, 3.8) is 0 Å². The van der Waals surface area contributed by atoms with Gasteiger partial charge in [0.1, 0.15) is 5.75 Å². The highest BCUT2D eigenvalue weighted by Crippen LogP contribution is 2.44. The van der Waals surface area contributed by atoms with Gasteiger partial charge in [-0.25, -0.2) is 0 Å². The highest BCUT2D eigenvalue weighted by Gasteiger charge is 2.47. The van der Waals surface area contributed by atoms with Gasteiger partial charge in [-0.2, -0.15) is 0 Å². The predicted molar refractivity (Wildman–Crippen MR) is 102 cm³/mol. The van der Waals surface area contributed by atoms with Crippen molar-refractivity contribution < 1.29 is 4.43 Å². The largest absolute Gasteiger partial charge is 0.542 e. The van der Waals surface area contributed by atoms with Crippen LogP contribution in [0.2, 0.25) is 16.6 Å². The molecule has 0 aliphatic carbocycles. The van der Waals surface area contributed by atoms with E-state index >= 15 is 0 Å². The SMILES string of the molecule is CC(C)c1cc(CCl)ccc1O[Si](C(C)C)(C(C)C)C(C)C. The molecule has 1 aromatic rings. The molecule has 22 heavy (non-hydrogen) atoms. The van der Waals surface area contributed by atoms with Gasteiger partial charge in [0.15, 0.2) is 0 Å². The van der Waals surface area contributed by atoms with Gasteiger partial charge < -0.3 is 4.43 Å². The van der Waals surface area contributed by atoms with E-state index in [0.717, 1.165) is 5.75 Å². The molecule has 0 saturated heterocycles. The molecule has 0 aliphatic heterocycles. The average Bonchev–Trinajstić information content (AvgIpc) is 2.43. The summed E-state index contributed by atoms with van der Waals surface area (Å²) in [5, 5.41) is 0. The maximum absolute atomic E-state index is 6.87. The van der Waals surface area contributed by atoms with Crippen molar-refractivity contribution in [1.29, 1.82) is 0 Å². The van der Waals surface area contributed by atoms with Crippen LogP contribution in [-0.4, -0.2) is 8.32 Å². The van der Waals surface area contributed by atoms with Gasteiger partial charge >= 0.3 is 0 Å². The smallest absolute Gasteiger partial charge is 0.258 e. The topological polar surface area (TPSA) is 9.23 Å². The zero-order chi connectivity index (χ0) is 17.1. The van der Waals surface area contributed by atoms with Gasteiger partial charge in [-0.1, -0.05) is 67.5 Å². The highest BCUT2D eigenvalue weighted by atomic mass is 35.5. The van der Waals surface area contributed by atoms with Crippen LogP contribution in [-0.2, 0) is 5.88 Å². The Hall–Kier alpha value is -0.473. The quantitative estimate of drug-likeness (QED) is 0.379. The fourth-order valence-corrected chi connectivity index (χ4v) is 9.21. The summed E-state index contributed by atoms with van der Waals surface area (Å²) in [7, 11) is -1.91. The molecule has 1 nitrogen and oxygen atoms in total. The van der Waals surface area contributed by atoms with E-state index in [2.05, 4.69) is 73.6 Å². The Morgan fingerprint density at radius 1 is 0.909 bits per heavy atom. The second-order valence-electron chi connectivity index (χ2n) is 7.58. The molecule has 0 fully saturated rings. The van der Waals surface area contributed by atoms with Gasteiger partial charge in [-0.15, -0.1) is 11.6 Å². The van der Waals surface area contributed by atoms with Crippen molar-refractivity contribution in [2.24, 2.45) is 0 Å². The minimum Gasteiger partial charge on any atom is -0.542 e. The Kier molecular flexibility index (Phi) is 7.01. The van der Waals surface area contributed by atoms with E-state index in [1.165, 1.54) is 11.1 Å². The minimum atomic E-state index is -1.91. The first-order chi connectivity index (χ1) is 10.2. The second kappa shape index (κ2) is 7.87. The van der Waals surface area contributed by atoms with Gasteiger partial charge in [0, 0.05) is 5.88 Å². The van der Waals surface area contributed by atoms with Crippen molar-refractivity contribution in [1.82, 2.24) is 0 Å². The molecule has 0 amide bonds. The van der Waals surface area contributed by atoms with E-state index in [4.69, 9.17) is 16.0 Å². The predicted octanol–water partition coefficient (Wildman–Crippen LogP) is 7.10. The Morgan fingerprint density at radius 3 is 1.77 bits per heavy atom. The number of alkyl halides is 1. The van der Waals surface area contributed by atoms with Gasteiger partial charge in [-0.05, 0) is 39.7 Å². The molecular weight excluding hydrogens is 308 g/mol. The van der Waals surface area contributed by atoms with Crippen LogP contribution < -0.4 is 4.43 Å². The maximum Gasteiger partial charge on any atom is 0.258 e. The molecule has 0 heterocycles. The number of hydrogen-bond donors (Lipinski definition) is 0. The molecule has 0 radical (unpaired) electrons. The zero-order valence-electron chi connectivity index (χ0n) is 15.5. The Balaban J connectivity index is 3.35. The zero-order valence-corrected chi connectivity index (χ0v) is 17.3. The van der Waals surface area contributed by atoms with Crippen LogP contribution in [0.1, 0.15) is 72.4 Å². The van der Waals surface area contributed by atoms with E-state index in [1.54, 1.807) is 0 Å². The van der Waals surface area contributed by atoms with Crippen molar-refractivity contribution in [3.05, 3.63) is 29.3 Å². The molecule has 0 N–H and O–H groups in total. The van der Waals surface area contributed by atoms with Gasteiger partial charge in [0.05, 0.1) is 0 Å². The summed E-state index contributed by atoms with van der Waals surface area (Å²) in [5.41, 5.74) is 4.21. The lowest BCUT2D eigenvalue weighted by atomic mass is 10.0. The highest BCUT2D eigenvalue weighted by molar-refractivity contribution is 6.78. The van der Waals surface area contributed by atoms with Crippen molar-refractivity contribution in [3.8, 4) is 5.75 Å². The standard InChI is InChI=1S/C19H33ClOSi/c1-13(2)18-11-17(12-20)9-10-19(18)21-22(14(3)4,15(5)6)16(7)8/h9-11,13-16H,12H2,1-8H3. The van der Waals surface area contributed by atoms with Crippen LogP contribution >= 0.6 is 11.6 Å². The molecule has 1 rings (SSSR count). The third-order valence-corrected chi connectivity index (χ3v) is 11.1. The van der Waals surface area contributed by atoms with Crippen LogP contribution in [0.15, 0.2) is 18.2 Å². The van der Waals surface area contributed by atoms with Crippen LogP contribution in [0.4, 0.5) is 0 Å². The van der Waals surface area contributed by atoms with Crippen LogP contribution in [0, 0.1) is 0 Å². The molecule has 0 aliphatic rings. The van der Waals surface area contributed by atoms with Crippen molar-refractivity contribution in [2.45, 2.75) is 83.8 Å². The molecular formula is C19H33ClOSi. The first-order valence-corrected chi connectivity index (χ1v) is 11.2. The summed E-state index contributed by atoms with van der Waals surface area (Å²) < 4.78 is 6.87. The van der Waals surface area contributed by atoms with Crippen molar-refractivity contribution >= 4 is 19.9 Å². The Morgan fingerprint density at radius 2 is 1.41 bits per heavy atom. The summed E-state index contributed by atoms with van der Waals surface area (Å²) in [6, 6.07) is 6.46. The number of benzene rings is 1. The first kappa shape index (κ1) is 19.6. The molecule has 0 bridgehead atoms. The third kappa shape index (κ3) is 3.89. The summed E-state index contributed by atoms with van der Waals surface area (Å²) in [6.45, 7) is 18.4. The normalized spacial score (nSPS) is 12.8. The molecule has 3 heteroatoms. The number of hydrogen-bond acceptors (Lipinski definition) is 1. The van der Waals surface area contributed by atoms with Crippen LogP contribution in [0.25, 0.3) is 0 Å². The van der Waals surface area contributed by atoms with E-state index in [-0.39, 0.29) is 0 Å².